The summed E-state index contributed by atoms with van der Waals surface area (Å²) in [6.07, 6.45) is 5.78. The minimum Gasteiger partial charge on any atom is -0.272 e. The Morgan fingerprint density at radius 2 is 1.86 bits per heavy atom. The Kier molecular flexibility index (Phi) is 3.52. The van der Waals surface area contributed by atoms with Crippen LogP contribution in [0, 0.1) is 0 Å². The molecular weight excluding hydrogens is 294 g/mol. The van der Waals surface area contributed by atoms with Gasteiger partial charge in [0.05, 0.1) is 6.04 Å². The van der Waals surface area contributed by atoms with Crippen molar-refractivity contribution in [2.45, 2.75) is 12.5 Å². The van der Waals surface area contributed by atoms with Crippen molar-refractivity contribution >= 4 is 28.0 Å². The fourth-order valence-electron chi connectivity index (χ4n) is 2.49. The third kappa shape index (κ3) is 2.57. The smallest absolute Gasteiger partial charge is 0.182 e. The van der Waals surface area contributed by atoms with Crippen molar-refractivity contribution in [1.29, 1.82) is 0 Å². The van der Waals surface area contributed by atoms with E-state index in [1.807, 2.05) is 6.07 Å². The lowest BCUT2D eigenvalue weighted by molar-refractivity contribution is 0.762. The van der Waals surface area contributed by atoms with E-state index < -0.39 is 0 Å². The Morgan fingerprint density at radius 1 is 1.00 bits per heavy atom. The summed E-state index contributed by atoms with van der Waals surface area (Å²) >= 11 is 1.73. The average Bonchev–Trinajstić information content (AvgIpc) is 3.03. The van der Waals surface area contributed by atoms with Crippen molar-refractivity contribution in [3.05, 3.63) is 60.3 Å². The molecule has 5 nitrogen and oxygen atoms in total. The quantitative estimate of drug-likeness (QED) is 0.744. The van der Waals surface area contributed by atoms with E-state index >= 15 is 0 Å². The van der Waals surface area contributed by atoms with Gasteiger partial charge in [-0.25, -0.2) is 19.9 Å². The maximum Gasteiger partial charge on any atom is 0.182 e. The number of nitrogens with zero attached hydrogens (tertiary/aromatic N) is 5. The summed E-state index contributed by atoms with van der Waals surface area (Å²) in [4.78, 5) is 21.9. The molecule has 22 heavy (non-hydrogen) atoms. The Balaban J connectivity index is 1.64. The van der Waals surface area contributed by atoms with Crippen molar-refractivity contribution < 1.29 is 0 Å². The Bertz CT molecular complexity index is 829. The number of fused-ring (bicyclic) bond motifs is 1. The largest absolute Gasteiger partial charge is 0.272 e. The van der Waals surface area contributed by atoms with E-state index in [-0.39, 0.29) is 6.04 Å². The molecule has 0 saturated carbocycles. The van der Waals surface area contributed by atoms with Crippen LogP contribution in [-0.2, 0) is 6.42 Å². The number of hydrogen-bond donors (Lipinski definition) is 0. The van der Waals surface area contributed by atoms with Crippen LogP contribution in [0.1, 0.15) is 11.3 Å². The maximum absolute atomic E-state index is 4.83. The molecule has 0 N–H and O–H groups in total. The minimum atomic E-state index is 0.282. The van der Waals surface area contributed by atoms with Gasteiger partial charge in [-0.1, -0.05) is 30.3 Å². The molecule has 0 amide bonds. The Labute approximate surface area is 132 Å². The van der Waals surface area contributed by atoms with E-state index in [9.17, 15) is 0 Å². The van der Waals surface area contributed by atoms with Gasteiger partial charge < -0.3 is 0 Å². The topological polar surface area (TPSA) is 63.9 Å². The van der Waals surface area contributed by atoms with E-state index in [0.29, 0.717) is 5.65 Å². The molecule has 0 saturated heterocycles. The highest BCUT2D eigenvalue weighted by atomic mass is 32.2. The highest BCUT2D eigenvalue weighted by Gasteiger charge is 2.22. The predicted octanol–water partition coefficient (Wildman–Crippen LogP) is 2.52. The van der Waals surface area contributed by atoms with Crippen molar-refractivity contribution in [3.63, 3.8) is 0 Å². The first kappa shape index (κ1) is 13.3. The lowest BCUT2D eigenvalue weighted by Crippen LogP contribution is -2.07. The zero-order valence-electron chi connectivity index (χ0n) is 11.8. The van der Waals surface area contributed by atoms with E-state index in [1.54, 1.807) is 24.2 Å². The summed E-state index contributed by atoms with van der Waals surface area (Å²) in [6.45, 7) is 0. The zero-order chi connectivity index (χ0) is 14.8. The van der Waals surface area contributed by atoms with Gasteiger partial charge in [0.15, 0.2) is 5.65 Å². The maximum atomic E-state index is 4.83. The molecule has 1 aromatic carbocycles. The second-order valence-electron chi connectivity index (χ2n) is 5.04. The van der Waals surface area contributed by atoms with Gasteiger partial charge in [-0.15, -0.1) is 11.8 Å². The highest BCUT2D eigenvalue weighted by Crippen LogP contribution is 2.26. The third-order valence-electron chi connectivity index (χ3n) is 3.50. The fraction of sp³-hybridized carbons (Fsp3) is 0.188. The second-order valence-corrected chi connectivity index (χ2v) is 6.05. The molecule has 0 spiro atoms. The van der Waals surface area contributed by atoms with Crippen molar-refractivity contribution in [2.24, 2.45) is 4.99 Å². The molecule has 0 fully saturated rings. The van der Waals surface area contributed by atoms with Crippen LogP contribution in [0.5, 0.6) is 0 Å². The normalized spacial score (nSPS) is 17.6. The molecule has 0 radical (unpaired) electrons. The van der Waals surface area contributed by atoms with Gasteiger partial charge in [0.1, 0.15) is 22.6 Å². The van der Waals surface area contributed by atoms with Gasteiger partial charge in [0, 0.05) is 18.1 Å². The highest BCUT2D eigenvalue weighted by molar-refractivity contribution is 8.14. The molecule has 0 bridgehead atoms. The van der Waals surface area contributed by atoms with Gasteiger partial charge >= 0.3 is 0 Å². The van der Waals surface area contributed by atoms with E-state index in [0.717, 1.165) is 28.4 Å². The van der Waals surface area contributed by atoms with Crippen molar-refractivity contribution in [3.8, 4) is 0 Å². The third-order valence-corrected chi connectivity index (χ3v) is 4.62. The minimum absolute atomic E-state index is 0.282. The van der Waals surface area contributed by atoms with Crippen LogP contribution in [0.25, 0.3) is 11.2 Å². The first-order valence-electron chi connectivity index (χ1n) is 7.07. The summed E-state index contributed by atoms with van der Waals surface area (Å²) < 4.78 is 0. The lowest BCUT2D eigenvalue weighted by Gasteiger charge is -2.04. The summed E-state index contributed by atoms with van der Waals surface area (Å²) in [5.74, 6) is 0.968. The van der Waals surface area contributed by atoms with Crippen molar-refractivity contribution in [1.82, 2.24) is 19.9 Å². The second kappa shape index (κ2) is 5.81. The predicted molar refractivity (Wildman–Crippen MR) is 88.1 cm³/mol. The number of hydrogen-bond acceptors (Lipinski definition) is 6. The number of aliphatic imine (C=N–C) groups is 1. The van der Waals surface area contributed by atoms with Crippen LogP contribution in [0.2, 0.25) is 0 Å². The number of aromatic nitrogens is 4. The molecule has 108 valence electrons. The van der Waals surface area contributed by atoms with E-state index in [4.69, 9.17) is 4.99 Å². The molecule has 1 aliphatic heterocycles. The fourth-order valence-corrected chi connectivity index (χ4v) is 3.54. The summed E-state index contributed by atoms with van der Waals surface area (Å²) in [5, 5.41) is 0.939. The summed E-state index contributed by atoms with van der Waals surface area (Å²) in [7, 11) is 0. The lowest BCUT2D eigenvalue weighted by atomic mass is 10.1. The molecule has 1 aliphatic rings. The zero-order valence-corrected chi connectivity index (χ0v) is 12.6. The van der Waals surface area contributed by atoms with Gasteiger partial charge in [0.25, 0.3) is 0 Å². The van der Waals surface area contributed by atoms with Crippen LogP contribution in [-0.4, -0.2) is 36.8 Å². The molecule has 3 aromatic rings. The molecule has 2 aromatic heterocycles. The summed E-state index contributed by atoms with van der Waals surface area (Å²) in [6, 6.07) is 10.7. The molecule has 6 heteroatoms. The van der Waals surface area contributed by atoms with Crippen LogP contribution in [0.4, 0.5) is 0 Å². The average molecular weight is 307 g/mol. The van der Waals surface area contributed by atoms with Gasteiger partial charge in [-0.3, -0.25) is 4.99 Å². The number of rotatable bonds is 3. The van der Waals surface area contributed by atoms with E-state index in [1.165, 1.54) is 11.9 Å². The Morgan fingerprint density at radius 3 is 2.77 bits per heavy atom. The first-order chi connectivity index (χ1) is 10.9. The SMILES string of the molecule is c1ccc(CC2CSC(c3ncnc4nccnc34)=N2)cc1. The van der Waals surface area contributed by atoms with Crippen LogP contribution < -0.4 is 0 Å². The van der Waals surface area contributed by atoms with Crippen molar-refractivity contribution in [2.75, 3.05) is 5.75 Å². The molecule has 4 rings (SSSR count). The number of thioether (sulfide) groups is 1. The van der Waals surface area contributed by atoms with Gasteiger partial charge in [-0.05, 0) is 12.0 Å². The first-order valence-corrected chi connectivity index (χ1v) is 8.05. The van der Waals surface area contributed by atoms with Crippen LogP contribution >= 0.6 is 11.8 Å². The summed E-state index contributed by atoms with van der Waals surface area (Å²) in [5.41, 5.74) is 3.43. The van der Waals surface area contributed by atoms with Gasteiger partial charge in [-0.2, -0.15) is 0 Å². The molecule has 1 atom stereocenters. The molecule has 0 aliphatic carbocycles. The standard InChI is InChI=1S/C16H13N5S/c1-2-4-11(5-3-1)8-12-9-22-16(21-12)14-13-15(20-10-19-14)18-7-6-17-13/h1-7,10,12H,8-9H2. The molecular formula is C16H13N5S. The van der Waals surface area contributed by atoms with Crippen LogP contribution in [0.3, 0.4) is 0 Å². The number of benzene rings is 1. The monoisotopic (exact) mass is 307 g/mol. The Hall–Kier alpha value is -2.34. The van der Waals surface area contributed by atoms with E-state index in [2.05, 4.69) is 44.2 Å². The molecule has 3 heterocycles. The molecule has 1 unspecified atom stereocenters. The van der Waals surface area contributed by atoms with Crippen LogP contribution in [0.15, 0.2) is 54.0 Å². The van der Waals surface area contributed by atoms with Gasteiger partial charge in [0.2, 0.25) is 0 Å².